The molecule has 4 heteroatoms. The lowest BCUT2D eigenvalue weighted by atomic mass is 9.61. The van der Waals surface area contributed by atoms with Crippen molar-refractivity contribution in [3.05, 3.63) is 0 Å². The Morgan fingerprint density at radius 1 is 1.20 bits per heavy atom. The van der Waals surface area contributed by atoms with Gasteiger partial charge in [-0.1, -0.05) is 38.4 Å². The third-order valence-electron chi connectivity index (χ3n) is 5.85. The third-order valence-corrected chi connectivity index (χ3v) is 6.24. The van der Waals surface area contributed by atoms with Gasteiger partial charge in [0.25, 0.3) is 0 Å². The quantitative estimate of drug-likeness (QED) is 0.797. The van der Waals surface area contributed by atoms with Gasteiger partial charge in [0, 0.05) is 13.1 Å². The van der Waals surface area contributed by atoms with Crippen molar-refractivity contribution < 1.29 is 4.79 Å². The number of amides is 1. The van der Waals surface area contributed by atoms with Gasteiger partial charge in [-0.05, 0) is 43.4 Å². The molecule has 3 fully saturated rings. The lowest BCUT2D eigenvalue weighted by Gasteiger charge is -2.49. The first-order valence-corrected chi connectivity index (χ1v) is 8.53. The van der Waals surface area contributed by atoms with Gasteiger partial charge in [0.05, 0.1) is 10.4 Å². The van der Waals surface area contributed by atoms with E-state index < -0.39 is 5.41 Å². The number of carbonyl (C=O) groups excluding carboxylic acids is 1. The highest BCUT2D eigenvalue weighted by atomic mass is 32.1. The minimum atomic E-state index is -0.504. The first-order valence-electron chi connectivity index (χ1n) is 8.12. The number of nitrogens with two attached hydrogens (primary N) is 1. The summed E-state index contributed by atoms with van der Waals surface area (Å²) in [5.74, 6) is 2.39. The average Bonchev–Trinajstić information content (AvgIpc) is 2.42. The molecule has 112 valence electrons. The number of nitrogens with zero attached hydrogens (tertiary/aromatic N) is 1. The van der Waals surface area contributed by atoms with Crippen LogP contribution in [-0.2, 0) is 4.79 Å². The lowest BCUT2D eigenvalue weighted by Crippen LogP contribution is -2.59. The van der Waals surface area contributed by atoms with Crippen LogP contribution < -0.4 is 5.73 Å². The van der Waals surface area contributed by atoms with Crippen LogP contribution in [0.2, 0.25) is 0 Å². The molecule has 3 aliphatic rings. The molecule has 0 spiro atoms. The maximum Gasteiger partial charge on any atom is 0.235 e. The zero-order valence-electron chi connectivity index (χ0n) is 12.4. The number of carbonyl (C=O) groups is 1. The van der Waals surface area contributed by atoms with Crippen molar-refractivity contribution >= 4 is 23.1 Å². The van der Waals surface area contributed by atoms with E-state index >= 15 is 0 Å². The van der Waals surface area contributed by atoms with E-state index in [9.17, 15) is 4.79 Å². The minimum Gasteiger partial charge on any atom is -0.392 e. The second kappa shape index (κ2) is 5.28. The van der Waals surface area contributed by atoms with Crippen molar-refractivity contribution in [1.82, 2.24) is 4.90 Å². The van der Waals surface area contributed by atoms with E-state index in [0.29, 0.717) is 10.9 Å². The summed E-state index contributed by atoms with van der Waals surface area (Å²) < 4.78 is 0. The van der Waals surface area contributed by atoms with Crippen molar-refractivity contribution in [2.75, 3.05) is 13.1 Å². The summed E-state index contributed by atoms with van der Waals surface area (Å²) in [6.45, 7) is 4.04. The molecular formula is C16H26N2OS. The molecule has 0 aromatic rings. The smallest absolute Gasteiger partial charge is 0.235 e. The summed E-state index contributed by atoms with van der Waals surface area (Å²) in [5, 5.41) is 0. The normalized spacial score (nSPS) is 40.6. The van der Waals surface area contributed by atoms with Gasteiger partial charge in [-0.15, -0.1) is 0 Å². The fourth-order valence-electron chi connectivity index (χ4n) is 4.70. The highest BCUT2D eigenvalue weighted by Gasteiger charge is 2.53. The molecule has 3 nitrogen and oxygen atoms in total. The van der Waals surface area contributed by atoms with Gasteiger partial charge in [-0.2, -0.15) is 0 Å². The lowest BCUT2D eigenvalue weighted by molar-refractivity contribution is -0.147. The number of likely N-dealkylation sites (tertiary alicyclic amines) is 1. The summed E-state index contributed by atoms with van der Waals surface area (Å²) in [4.78, 5) is 15.4. The Labute approximate surface area is 127 Å². The Bertz CT molecular complexity index is 417. The molecule has 1 saturated heterocycles. The number of rotatable bonds is 2. The average molecular weight is 294 g/mol. The predicted octanol–water partition coefficient (Wildman–Crippen LogP) is 2.73. The molecule has 0 aromatic heterocycles. The summed E-state index contributed by atoms with van der Waals surface area (Å²) in [7, 11) is 0. The summed E-state index contributed by atoms with van der Waals surface area (Å²) >= 11 is 5.22. The highest BCUT2D eigenvalue weighted by Crippen LogP contribution is 2.48. The van der Waals surface area contributed by atoms with Crippen molar-refractivity contribution in [1.29, 1.82) is 0 Å². The van der Waals surface area contributed by atoms with Crippen LogP contribution in [0.4, 0.5) is 0 Å². The first-order chi connectivity index (χ1) is 9.53. The first kappa shape index (κ1) is 14.3. The standard InChI is InChI=1S/C16H26N2OS/c1-11-8-16(9-11,14(17)20)15(19)18-7-6-12-4-2-3-5-13(12)10-18/h11-13H,2-10H2,1H3,(H2,17,20). The molecule has 3 rings (SSSR count). The van der Waals surface area contributed by atoms with Crippen LogP contribution in [0.1, 0.15) is 51.9 Å². The van der Waals surface area contributed by atoms with Crippen LogP contribution in [-0.4, -0.2) is 28.9 Å². The minimum absolute atomic E-state index is 0.229. The zero-order valence-corrected chi connectivity index (χ0v) is 13.3. The molecule has 2 aliphatic carbocycles. The molecule has 2 N–H and O–H groups in total. The molecule has 1 heterocycles. The van der Waals surface area contributed by atoms with Crippen LogP contribution in [0.15, 0.2) is 0 Å². The Morgan fingerprint density at radius 3 is 2.45 bits per heavy atom. The van der Waals surface area contributed by atoms with Crippen molar-refractivity contribution in [2.24, 2.45) is 28.9 Å². The number of hydrogen-bond acceptors (Lipinski definition) is 2. The Kier molecular flexibility index (Phi) is 3.78. The molecular weight excluding hydrogens is 268 g/mol. The van der Waals surface area contributed by atoms with Crippen molar-refractivity contribution in [3.63, 3.8) is 0 Å². The molecule has 0 radical (unpaired) electrons. The van der Waals surface area contributed by atoms with Crippen LogP contribution in [0.25, 0.3) is 0 Å². The molecule has 1 amide bonds. The SMILES string of the molecule is CC1CC(C(=O)N2CCC3CCCCC3C2)(C(N)=S)C1. The van der Waals surface area contributed by atoms with Crippen LogP contribution in [0.5, 0.6) is 0 Å². The molecule has 2 saturated carbocycles. The maximum absolute atomic E-state index is 12.9. The van der Waals surface area contributed by atoms with Gasteiger partial charge < -0.3 is 10.6 Å². The molecule has 20 heavy (non-hydrogen) atoms. The number of piperidine rings is 1. The van der Waals surface area contributed by atoms with Crippen LogP contribution in [0.3, 0.4) is 0 Å². The van der Waals surface area contributed by atoms with Gasteiger partial charge >= 0.3 is 0 Å². The Hall–Kier alpha value is -0.640. The van der Waals surface area contributed by atoms with E-state index in [-0.39, 0.29) is 5.91 Å². The second-order valence-electron chi connectivity index (χ2n) is 7.30. The van der Waals surface area contributed by atoms with Crippen molar-refractivity contribution in [2.45, 2.75) is 51.9 Å². The maximum atomic E-state index is 12.9. The van der Waals surface area contributed by atoms with Crippen molar-refractivity contribution in [3.8, 4) is 0 Å². The van der Waals surface area contributed by atoms with E-state index in [1.807, 2.05) is 0 Å². The summed E-state index contributed by atoms with van der Waals surface area (Å²) in [5.41, 5.74) is 5.41. The van der Waals surface area contributed by atoms with Crippen LogP contribution >= 0.6 is 12.2 Å². The number of thiocarbonyl (C=S) groups is 1. The Morgan fingerprint density at radius 2 is 1.85 bits per heavy atom. The summed E-state index contributed by atoms with van der Waals surface area (Å²) in [6, 6.07) is 0. The van der Waals surface area contributed by atoms with Crippen LogP contribution in [0, 0.1) is 23.2 Å². The Balaban J connectivity index is 1.69. The molecule has 1 aliphatic heterocycles. The number of fused-ring (bicyclic) bond motifs is 1. The molecule has 2 atom stereocenters. The predicted molar refractivity (Wildman–Crippen MR) is 84.3 cm³/mol. The van der Waals surface area contributed by atoms with E-state index in [0.717, 1.165) is 37.8 Å². The monoisotopic (exact) mass is 294 g/mol. The fraction of sp³-hybridized carbons (Fsp3) is 0.875. The highest BCUT2D eigenvalue weighted by molar-refractivity contribution is 7.80. The van der Waals surface area contributed by atoms with Gasteiger partial charge in [-0.3, -0.25) is 4.79 Å². The number of hydrogen-bond donors (Lipinski definition) is 1. The molecule has 0 aromatic carbocycles. The fourth-order valence-corrected chi connectivity index (χ4v) is 4.95. The third kappa shape index (κ3) is 2.26. The van der Waals surface area contributed by atoms with E-state index in [1.54, 1.807) is 0 Å². The van der Waals surface area contributed by atoms with E-state index in [4.69, 9.17) is 18.0 Å². The van der Waals surface area contributed by atoms with Gasteiger partial charge in [-0.25, -0.2) is 0 Å². The zero-order chi connectivity index (χ0) is 14.3. The van der Waals surface area contributed by atoms with Gasteiger partial charge in [0.1, 0.15) is 0 Å². The molecule has 2 unspecified atom stereocenters. The van der Waals surface area contributed by atoms with E-state index in [2.05, 4.69) is 11.8 Å². The topological polar surface area (TPSA) is 46.3 Å². The molecule has 0 bridgehead atoms. The van der Waals surface area contributed by atoms with Gasteiger partial charge in [0.2, 0.25) is 5.91 Å². The van der Waals surface area contributed by atoms with E-state index in [1.165, 1.54) is 32.1 Å². The largest absolute Gasteiger partial charge is 0.392 e. The summed E-state index contributed by atoms with van der Waals surface area (Å²) in [6.07, 6.45) is 8.26. The van der Waals surface area contributed by atoms with Gasteiger partial charge in [0.15, 0.2) is 0 Å². The second-order valence-corrected chi connectivity index (χ2v) is 7.74.